The zero-order valence-electron chi connectivity index (χ0n) is 11.6. The van der Waals surface area contributed by atoms with Gasteiger partial charge in [0.15, 0.2) is 0 Å². The first-order valence-corrected chi connectivity index (χ1v) is 6.73. The van der Waals surface area contributed by atoms with Crippen LogP contribution in [0.2, 0.25) is 0 Å². The van der Waals surface area contributed by atoms with Gasteiger partial charge in [0, 0.05) is 32.2 Å². The van der Waals surface area contributed by atoms with E-state index in [1.165, 1.54) is 0 Å². The van der Waals surface area contributed by atoms with Crippen LogP contribution >= 0.6 is 0 Å². The number of aryl methyl sites for hydroxylation is 1. The highest BCUT2D eigenvalue weighted by molar-refractivity contribution is 5.74. The van der Waals surface area contributed by atoms with Crippen molar-refractivity contribution in [3.05, 3.63) is 12.2 Å². The molecule has 3 N–H and O–H groups in total. The van der Waals surface area contributed by atoms with E-state index in [4.69, 9.17) is 5.11 Å². The monoisotopic (exact) mass is 269 g/mol. The van der Waals surface area contributed by atoms with Gasteiger partial charge in [-0.1, -0.05) is 13.8 Å². The lowest BCUT2D eigenvalue weighted by atomic mass is 10.2. The normalized spacial score (nSPS) is 12.2. The fraction of sp³-hybridized carbons (Fsp3) is 0.750. The molecule has 0 aliphatic carbocycles. The Morgan fingerprint density at radius 1 is 1.53 bits per heavy atom. The first kappa shape index (κ1) is 15.4. The molecule has 1 atom stereocenters. The van der Waals surface area contributed by atoms with Crippen molar-refractivity contribution in [2.24, 2.45) is 0 Å². The maximum atomic E-state index is 11.6. The Morgan fingerprint density at radius 2 is 2.32 bits per heavy atom. The van der Waals surface area contributed by atoms with Crippen molar-refractivity contribution in [3.63, 3.8) is 0 Å². The first-order valence-electron chi connectivity index (χ1n) is 6.73. The van der Waals surface area contributed by atoms with Gasteiger partial charge in [-0.25, -0.2) is 4.79 Å². The van der Waals surface area contributed by atoms with Crippen LogP contribution in [0.25, 0.3) is 0 Å². The van der Waals surface area contributed by atoms with Crippen molar-refractivity contribution in [2.75, 3.05) is 13.2 Å². The van der Waals surface area contributed by atoms with Gasteiger partial charge in [-0.2, -0.15) is 0 Å². The summed E-state index contributed by atoms with van der Waals surface area (Å²) in [5.41, 5.74) is 0. The van der Waals surface area contributed by atoms with Crippen LogP contribution in [0.1, 0.15) is 32.5 Å². The van der Waals surface area contributed by atoms with Crippen LogP contribution in [0.4, 0.5) is 4.79 Å². The molecule has 0 aliphatic heterocycles. The molecule has 0 saturated carbocycles. The predicted molar refractivity (Wildman–Crippen MR) is 71.7 cm³/mol. The lowest BCUT2D eigenvalue weighted by Gasteiger charge is -2.16. The number of hydrogen-bond donors (Lipinski definition) is 3. The zero-order valence-corrected chi connectivity index (χ0v) is 11.6. The van der Waals surface area contributed by atoms with E-state index in [0.717, 1.165) is 18.7 Å². The van der Waals surface area contributed by atoms with Gasteiger partial charge in [0.25, 0.3) is 0 Å². The molecule has 7 nitrogen and oxygen atoms in total. The van der Waals surface area contributed by atoms with Crippen molar-refractivity contribution < 1.29 is 9.90 Å². The summed E-state index contributed by atoms with van der Waals surface area (Å²) in [6.07, 6.45) is 3.87. The summed E-state index contributed by atoms with van der Waals surface area (Å²) >= 11 is 0. The standard InChI is InChI=1S/C12H23N5O2/c1-3-10(5-8-18)15-12(19)13-6-7-17-9-14-16-11(17)4-2/h9-10,18H,3-8H2,1-2H3,(H2,13,15,19). The van der Waals surface area contributed by atoms with Crippen LogP contribution in [0.15, 0.2) is 6.33 Å². The van der Waals surface area contributed by atoms with Crippen molar-refractivity contribution in [3.8, 4) is 0 Å². The number of urea groups is 1. The van der Waals surface area contributed by atoms with Gasteiger partial charge in [-0.3, -0.25) is 0 Å². The van der Waals surface area contributed by atoms with E-state index in [2.05, 4.69) is 20.8 Å². The third kappa shape index (κ3) is 5.25. The molecule has 0 fully saturated rings. The SMILES string of the molecule is CCc1nncn1CCNC(=O)NC(CC)CCO. The maximum Gasteiger partial charge on any atom is 0.315 e. The second-order valence-corrected chi connectivity index (χ2v) is 4.31. The Hall–Kier alpha value is -1.63. The van der Waals surface area contributed by atoms with E-state index < -0.39 is 0 Å². The Labute approximate surface area is 113 Å². The molecular formula is C12H23N5O2. The number of rotatable bonds is 8. The fourth-order valence-corrected chi connectivity index (χ4v) is 1.80. The topological polar surface area (TPSA) is 92.1 Å². The highest BCUT2D eigenvalue weighted by Gasteiger charge is 2.09. The van der Waals surface area contributed by atoms with Crippen LogP contribution in [0.3, 0.4) is 0 Å². The maximum absolute atomic E-state index is 11.6. The zero-order chi connectivity index (χ0) is 14.1. The Morgan fingerprint density at radius 3 is 2.95 bits per heavy atom. The molecule has 1 aromatic rings. The summed E-state index contributed by atoms with van der Waals surface area (Å²) < 4.78 is 1.92. The minimum absolute atomic E-state index is 0.0196. The lowest BCUT2D eigenvalue weighted by Crippen LogP contribution is -2.43. The molecule has 0 spiro atoms. The van der Waals surface area contributed by atoms with E-state index in [1.54, 1.807) is 6.33 Å². The van der Waals surface area contributed by atoms with E-state index in [9.17, 15) is 4.79 Å². The summed E-state index contributed by atoms with van der Waals surface area (Å²) in [5, 5.41) is 22.3. The molecule has 1 unspecified atom stereocenters. The number of nitrogens with one attached hydrogen (secondary N) is 2. The second-order valence-electron chi connectivity index (χ2n) is 4.31. The van der Waals surface area contributed by atoms with Crippen LogP contribution in [-0.2, 0) is 13.0 Å². The van der Waals surface area contributed by atoms with Crippen LogP contribution < -0.4 is 10.6 Å². The van der Waals surface area contributed by atoms with Gasteiger partial charge in [0.1, 0.15) is 12.2 Å². The molecule has 0 aromatic carbocycles. The summed E-state index contributed by atoms with van der Waals surface area (Å²) in [6.45, 7) is 5.25. The summed E-state index contributed by atoms with van der Waals surface area (Å²) in [5.74, 6) is 0.911. The molecule has 19 heavy (non-hydrogen) atoms. The minimum atomic E-state index is -0.202. The van der Waals surface area contributed by atoms with Gasteiger partial charge < -0.3 is 20.3 Å². The van der Waals surface area contributed by atoms with Crippen molar-refractivity contribution in [1.29, 1.82) is 0 Å². The number of aliphatic hydroxyl groups is 1. The smallest absolute Gasteiger partial charge is 0.315 e. The number of amides is 2. The highest BCUT2D eigenvalue weighted by Crippen LogP contribution is 1.96. The van der Waals surface area contributed by atoms with Crippen molar-refractivity contribution in [1.82, 2.24) is 25.4 Å². The molecule has 0 saturated heterocycles. The Bertz CT molecular complexity index is 380. The fourth-order valence-electron chi connectivity index (χ4n) is 1.80. The van der Waals surface area contributed by atoms with Crippen LogP contribution in [0, 0.1) is 0 Å². The molecule has 108 valence electrons. The van der Waals surface area contributed by atoms with Gasteiger partial charge in [-0.05, 0) is 12.8 Å². The third-order valence-electron chi connectivity index (χ3n) is 2.96. The number of aromatic nitrogens is 3. The largest absolute Gasteiger partial charge is 0.396 e. The van der Waals surface area contributed by atoms with Crippen molar-refractivity contribution in [2.45, 2.75) is 45.7 Å². The number of hydrogen-bond acceptors (Lipinski definition) is 4. The Kier molecular flexibility index (Phi) is 6.88. The number of nitrogens with zero attached hydrogens (tertiary/aromatic N) is 3. The average Bonchev–Trinajstić information content (AvgIpc) is 2.85. The highest BCUT2D eigenvalue weighted by atomic mass is 16.3. The molecule has 0 aliphatic rings. The molecule has 0 radical (unpaired) electrons. The summed E-state index contributed by atoms with van der Waals surface area (Å²) in [7, 11) is 0. The Balaban J connectivity index is 2.27. The first-order chi connectivity index (χ1) is 9.21. The predicted octanol–water partition coefficient (Wildman–Crippen LogP) is 0.301. The van der Waals surface area contributed by atoms with E-state index >= 15 is 0 Å². The van der Waals surface area contributed by atoms with Gasteiger partial charge >= 0.3 is 6.03 Å². The lowest BCUT2D eigenvalue weighted by molar-refractivity contribution is 0.227. The number of carbonyl (C=O) groups excluding carboxylic acids is 1. The molecule has 1 aromatic heterocycles. The van der Waals surface area contributed by atoms with E-state index in [0.29, 0.717) is 19.5 Å². The van der Waals surface area contributed by atoms with E-state index in [1.807, 2.05) is 18.4 Å². The van der Waals surface area contributed by atoms with Crippen LogP contribution in [0.5, 0.6) is 0 Å². The van der Waals surface area contributed by atoms with Gasteiger partial charge in [-0.15, -0.1) is 10.2 Å². The number of carbonyl (C=O) groups is 1. The number of aliphatic hydroxyl groups excluding tert-OH is 1. The van der Waals surface area contributed by atoms with Gasteiger partial charge in [0.2, 0.25) is 0 Å². The molecule has 1 rings (SSSR count). The van der Waals surface area contributed by atoms with Gasteiger partial charge in [0.05, 0.1) is 0 Å². The minimum Gasteiger partial charge on any atom is -0.396 e. The molecule has 0 bridgehead atoms. The van der Waals surface area contributed by atoms with Crippen molar-refractivity contribution >= 4 is 6.03 Å². The summed E-state index contributed by atoms with van der Waals surface area (Å²) in [4.78, 5) is 11.6. The van der Waals surface area contributed by atoms with Crippen LogP contribution in [-0.4, -0.2) is 45.1 Å². The molecule has 7 heteroatoms. The molecule has 1 heterocycles. The van der Waals surface area contributed by atoms with E-state index in [-0.39, 0.29) is 18.7 Å². The second kappa shape index (κ2) is 8.47. The summed E-state index contributed by atoms with van der Waals surface area (Å²) in [6, 6.07) is -0.183. The molecule has 2 amide bonds. The molecular weight excluding hydrogens is 246 g/mol. The third-order valence-corrected chi connectivity index (χ3v) is 2.96. The average molecular weight is 269 g/mol. The quantitative estimate of drug-likeness (QED) is 0.633.